The van der Waals surface area contributed by atoms with Gasteiger partial charge in [0.05, 0.1) is 0 Å². The van der Waals surface area contributed by atoms with Gasteiger partial charge in [0, 0.05) is 16.7 Å². The molecule has 0 aliphatic heterocycles. The second-order valence-corrected chi connectivity index (χ2v) is 6.79. The van der Waals surface area contributed by atoms with Gasteiger partial charge in [-0.2, -0.15) is 0 Å². The molecule has 116 valence electrons. The molecule has 0 heterocycles. The summed E-state index contributed by atoms with van der Waals surface area (Å²) in [7, 11) is 0. The van der Waals surface area contributed by atoms with Crippen molar-refractivity contribution in [1.82, 2.24) is 5.32 Å². The van der Waals surface area contributed by atoms with Gasteiger partial charge in [0.2, 0.25) is 0 Å². The molecule has 0 spiro atoms. The zero-order valence-electron chi connectivity index (χ0n) is 13.2. The van der Waals surface area contributed by atoms with Gasteiger partial charge in [0.25, 0.3) is 0 Å². The van der Waals surface area contributed by atoms with Crippen LogP contribution in [-0.4, -0.2) is 11.7 Å². The van der Waals surface area contributed by atoms with E-state index in [2.05, 4.69) is 71.6 Å². The third-order valence-electron chi connectivity index (χ3n) is 3.59. The van der Waals surface area contributed by atoms with E-state index >= 15 is 0 Å². The van der Waals surface area contributed by atoms with E-state index in [1.807, 2.05) is 12.1 Å². The molecular formula is C18H21BrN2S. The first kappa shape index (κ1) is 17.0. The first-order valence-electron chi connectivity index (χ1n) is 7.33. The van der Waals surface area contributed by atoms with Crippen molar-refractivity contribution < 1.29 is 0 Å². The summed E-state index contributed by atoms with van der Waals surface area (Å²) in [6.07, 6.45) is 0.966. The Labute approximate surface area is 146 Å². The van der Waals surface area contributed by atoms with Crippen molar-refractivity contribution in [3.63, 3.8) is 0 Å². The molecule has 0 saturated heterocycles. The maximum Gasteiger partial charge on any atom is 0.170 e. The van der Waals surface area contributed by atoms with Crippen LogP contribution in [0.15, 0.2) is 40.9 Å². The van der Waals surface area contributed by atoms with Crippen LogP contribution in [0.25, 0.3) is 0 Å². The molecule has 0 bridgehead atoms. The van der Waals surface area contributed by atoms with E-state index in [-0.39, 0.29) is 0 Å². The topological polar surface area (TPSA) is 24.1 Å². The monoisotopic (exact) mass is 376 g/mol. The van der Waals surface area contributed by atoms with Gasteiger partial charge in [0.15, 0.2) is 5.11 Å². The van der Waals surface area contributed by atoms with Crippen molar-refractivity contribution in [2.75, 3.05) is 11.9 Å². The van der Waals surface area contributed by atoms with E-state index < -0.39 is 0 Å². The van der Waals surface area contributed by atoms with Crippen molar-refractivity contribution in [1.29, 1.82) is 0 Å². The molecule has 0 aromatic heterocycles. The summed E-state index contributed by atoms with van der Waals surface area (Å²) in [5, 5.41) is 7.14. The van der Waals surface area contributed by atoms with Crippen molar-refractivity contribution in [2.45, 2.75) is 27.2 Å². The summed E-state index contributed by atoms with van der Waals surface area (Å²) < 4.78 is 1.10. The highest BCUT2D eigenvalue weighted by molar-refractivity contribution is 9.10. The van der Waals surface area contributed by atoms with E-state index in [4.69, 9.17) is 12.2 Å². The molecule has 22 heavy (non-hydrogen) atoms. The van der Waals surface area contributed by atoms with E-state index in [0.717, 1.165) is 23.1 Å². The Hall–Kier alpha value is -1.39. The largest absolute Gasteiger partial charge is 0.362 e. The van der Waals surface area contributed by atoms with Crippen LogP contribution >= 0.6 is 28.1 Å². The molecule has 0 aliphatic carbocycles. The fraction of sp³-hybridized carbons (Fsp3) is 0.278. The van der Waals surface area contributed by atoms with Crippen LogP contribution in [0, 0.1) is 20.8 Å². The van der Waals surface area contributed by atoms with Gasteiger partial charge in [-0.3, -0.25) is 0 Å². The highest BCUT2D eigenvalue weighted by atomic mass is 79.9. The molecule has 0 atom stereocenters. The van der Waals surface area contributed by atoms with Crippen molar-refractivity contribution >= 4 is 38.9 Å². The smallest absolute Gasteiger partial charge is 0.170 e. The van der Waals surface area contributed by atoms with E-state index in [0.29, 0.717) is 5.11 Å². The van der Waals surface area contributed by atoms with Gasteiger partial charge in [-0.15, -0.1) is 0 Å². The second-order valence-electron chi connectivity index (χ2n) is 5.52. The molecule has 0 aliphatic rings. The SMILES string of the molecule is Cc1ccc(CCNC(=S)Nc2ccc(Br)c(C)c2)c(C)c1. The average Bonchev–Trinajstić information content (AvgIpc) is 2.45. The summed E-state index contributed by atoms with van der Waals surface area (Å²) in [6.45, 7) is 7.16. The minimum atomic E-state index is 0.659. The van der Waals surface area contributed by atoms with E-state index in [1.54, 1.807) is 0 Å². The molecule has 2 N–H and O–H groups in total. The zero-order valence-corrected chi connectivity index (χ0v) is 15.6. The van der Waals surface area contributed by atoms with E-state index in [1.165, 1.54) is 22.3 Å². The molecule has 2 nitrogen and oxygen atoms in total. The molecule has 2 rings (SSSR count). The van der Waals surface area contributed by atoms with Crippen LogP contribution in [-0.2, 0) is 6.42 Å². The Kier molecular flexibility index (Phi) is 5.98. The van der Waals surface area contributed by atoms with Crippen LogP contribution in [0.2, 0.25) is 0 Å². The molecule has 0 saturated carbocycles. The van der Waals surface area contributed by atoms with Gasteiger partial charge in [-0.25, -0.2) is 0 Å². The second kappa shape index (κ2) is 7.75. The third kappa shape index (κ3) is 4.82. The lowest BCUT2D eigenvalue weighted by atomic mass is 10.0. The van der Waals surface area contributed by atoms with Crippen LogP contribution in [0.5, 0.6) is 0 Å². The molecule has 0 fully saturated rings. The highest BCUT2D eigenvalue weighted by Gasteiger charge is 2.02. The number of halogens is 1. The predicted octanol–water partition coefficient (Wildman–Crippen LogP) is 4.90. The van der Waals surface area contributed by atoms with Crippen molar-refractivity contribution in [2.24, 2.45) is 0 Å². The number of hydrogen-bond donors (Lipinski definition) is 2. The van der Waals surface area contributed by atoms with Gasteiger partial charge in [-0.05, 0) is 74.3 Å². The molecule has 2 aromatic rings. The maximum absolute atomic E-state index is 5.35. The Morgan fingerprint density at radius 3 is 2.50 bits per heavy atom. The molecule has 0 unspecified atom stereocenters. The highest BCUT2D eigenvalue weighted by Crippen LogP contribution is 2.19. The van der Waals surface area contributed by atoms with Crippen LogP contribution in [0.4, 0.5) is 5.69 Å². The zero-order chi connectivity index (χ0) is 16.1. The number of thiocarbonyl (C=S) groups is 1. The summed E-state index contributed by atoms with van der Waals surface area (Å²) in [4.78, 5) is 0. The fourth-order valence-corrected chi connectivity index (χ4v) is 2.80. The molecule has 0 amide bonds. The Morgan fingerprint density at radius 2 is 1.82 bits per heavy atom. The van der Waals surface area contributed by atoms with Gasteiger partial charge in [0.1, 0.15) is 0 Å². The fourth-order valence-electron chi connectivity index (χ4n) is 2.33. The van der Waals surface area contributed by atoms with Crippen LogP contribution < -0.4 is 10.6 Å². The number of aryl methyl sites for hydroxylation is 3. The third-order valence-corrected chi connectivity index (χ3v) is 4.73. The van der Waals surface area contributed by atoms with Crippen molar-refractivity contribution in [3.8, 4) is 0 Å². The number of rotatable bonds is 4. The standard InChI is InChI=1S/C18H21BrN2S/c1-12-4-5-15(13(2)10-12)8-9-20-18(22)21-16-6-7-17(19)14(3)11-16/h4-7,10-11H,8-9H2,1-3H3,(H2,20,21,22). The van der Waals surface area contributed by atoms with Crippen LogP contribution in [0.3, 0.4) is 0 Å². The van der Waals surface area contributed by atoms with E-state index in [9.17, 15) is 0 Å². The van der Waals surface area contributed by atoms with Gasteiger partial charge in [-0.1, -0.05) is 39.7 Å². The Bertz CT molecular complexity index is 683. The number of benzene rings is 2. The molecule has 0 radical (unpaired) electrons. The number of anilines is 1. The lowest BCUT2D eigenvalue weighted by molar-refractivity contribution is 0.867. The Balaban J connectivity index is 1.83. The summed E-state index contributed by atoms with van der Waals surface area (Å²) >= 11 is 8.85. The number of nitrogens with one attached hydrogen (secondary N) is 2. The average molecular weight is 377 g/mol. The van der Waals surface area contributed by atoms with Crippen molar-refractivity contribution in [3.05, 3.63) is 63.1 Å². The first-order valence-corrected chi connectivity index (χ1v) is 8.53. The summed E-state index contributed by atoms with van der Waals surface area (Å²) in [5.41, 5.74) is 6.19. The van der Waals surface area contributed by atoms with Gasteiger partial charge < -0.3 is 10.6 Å². The first-order chi connectivity index (χ1) is 10.5. The maximum atomic E-state index is 5.35. The minimum absolute atomic E-state index is 0.659. The summed E-state index contributed by atoms with van der Waals surface area (Å²) in [5.74, 6) is 0. The lowest BCUT2D eigenvalue weighted by Gasteiger charge is -2.12. The lowest BCUT2D eigenvalue weighted by Crippen LogP contribution is -2.30. The van der Waals surface area contributed by atoms with Crippen LogP contribution in [0.1, 0.15) is 22.3 Å². The summed E-state index contributed by atoms with van der Waals surface area (Å²) in [6, 6.07) is 12.7. The Morgan fingerprint density at radius 1 is 1.05 bits per heavy atom. The molecular weight excluding hydrogens is 356 g/mol. The quantitative estimate of drug-likeness (QED) is 0.741. The normalized spacial score (nSPS) is 10.4. The van der Waals surface area contributed by atoms with Gasteiger partial charge >= 0.3 is 0 Å². The predicted molar refractivity (Wildman–Crippen MR) is 103 cm³/mol. The minimum Gasteiger partial charge on any atom is -0.362 e. The molecule has 4 heteroatoms. The molecule has 2 aromatic carbocycles. The number of hydrogen-bond acceptors (Lipinski definition) is 1.